The standard InChI is InChI=1S/C15H10ClFO4/c1-21-15(20)10-4-2-9(7-12(10)16)8-3-5-13(17)11(6-8)14(18)19/h2-7H,1H3,(H,18,19). The molecule has 1 N–H and O–H groups in total. The second kappa shape index (κ2) is 5.93. The summed E-state index contributed by atoms with van der Waals surface area (Å²) in [6.07, 6.45) is 0. The minimum absolute atomic E-state index is 0.167. The van der Waals surface area contributed by atoms with E-state index < -0.39 is 23.3 Å². The van der Waals surface area contributed by atoms with Gasteiger partial charge in [0.25, 0.3) is 0 Å². The van der Waals surface area contributed by atoms with Crippen LogP contribution < -0.4 is 0 Å². The van der Waals surface area contributed by atoms with Crippen molar-refractivity contribution in [3.8, 4) is 11.1 Å². The Hall–Kier alpha value is -2.40. The number of esters is 1. The Labute approximate surface area is 124 Å². The minimum Gasteiger partial charge on any atom is -0.478 e. The highest BCUT2D eigenvalue weighted by molar-refractivity contribution is 6.33. The van der Waals surface area contributed by atoms with E-state index in [1.54, 1.807) is 6.07 Å². The molecule has 2 aromatic rings. The van der Waals surface area contributed by atoms with Crippen LogP contribution in [0.5, 0.6) is 0 Å². The van der Waals surface area contributed by atoms with Crippen molar-refractivity contribution in [2.45, 2.75) is 0 Å². The molecule has 0 unspecified atom stereocenters. The quantitative estimate of drug-likeness (QED) is 0.879. The lowest BCUT2D eigenvalue weighted by Crippen LogP contribution is -2.02. The van der Waals surface area contributed by atoms with Crippen molar-refractivity contribution in [1.29, 1.82) is 0 Å². The van der Waals surface area contributed by atoms with E-state index in [-0.39, 0.29) is 10.6 Å². The van der Waals surface area contributed by atoms with Gasteiger partial charge in [0.05, 0.1) is 23.3 Å². The van der Waals surface area contributed by atoms with E-state index >= 15 is 0 Å². The number of halogens is 2. The normalized spacial score (nSPS) is 10.2. The fourth-order valence-electron chi connectivity index (χ4n) is 1.84. The monoisotopic (exact) mass is 308 g/mol. The van der Waals surface area contributed by atoms with E-state index in [1.165, 1.54) is 31.4 Å². The van der Waals surface area contributed by atoms with Crippen LogP contribution in [0.2, 0.25) is 5.02 Å². The summed E-state index contributed by atoms with van der Waals surface area (Å²) in [4.78, 5) is 22.4. The maximum absolute atomic E-state index is 13.4. The van der Waals surface area contributed by atoms with Gasteiger partial charge >= 0.3 is 11.9 Å². The molecule has 108 valence electrons. The van der Waals surface area contributed by atoms with Crippen molar-refractivity contribution < 1.29 is 23.8 Å². The van der Waals surface area contributed by atoms with Gasteiger partial charge in [-0.05, 0) is 35.4 Å². The first kappa shape index (κ1) is 15.0. The summed E-state index contributed by atoms with van der Waals surface area (Å²) in [6.45, 7) is 0. The highest BCUT2D eigenvalue weighted by Crippen LogP contribution is 2.27. The van der Waals surface area contributed by atoms with Crippen molar-refractivity contribution in [3.63, 3.8) is 0 Å². The Morgan fingerprint density at radius 3 is 2.29 bits per heavy atom. The van der Waals surface area contributed by atoms with Crippen molar-refractivity contribution in [1.82, 2.24) is 0 Å². The molecule has 2 rings (SSSR count). The van der Waals surface area contributed by atoms with E-state index in [0.717, 1.165) is 6.07 Å². The molecule has 0 aromatic heterocycles. The Bertz CT molecular complexity index is 728. The van der Waals surface area contributed by atoms with Crippen LogP contribution in [-0.4, -0.2) is 24.2 Å². The Kier molecular flexibility index (Phi) is 4.23. The van der Waals surface area contributed by atoms with Crippen LogP contribution in [0.1, 0.15) is 20.7 Å². The van der Waals surface area contributed by atoms with Gasteiger partial charge in [0.2, 0.25) is 0 Å². The maximum atomic E-state index is 13.4. The molecule has 0 atom stereocenters. The summed E-state index contributed by atoms with van der Waals surface area (Å²) in [5, 5.41) is 9.08. The number of carbonyl (C=O) groups is 2. The third-order valence-electron chi connectivity index (χ3n) is 2.90. The molecule has 0 aliphatic rings. The fourth-order valence-corrected chi connectivity index (χ4v) is 2.10. The van der Waals surface area contributed by atoms with Crippen LogP contribution in [0.25, 0.3) is 11.1 Å². The number of hydrogen-bond donors (Lipinski definition) is 1. The summed E-state index contributed by atoms with van der Waals surface area (Å²) in [5.41, 5.74) is 0.812. The van der Waals surface area contributed by atoms with Crippen LogP contribution in [0.4, 0.5) is 4.39 Å². The lowest BCUT2D eigenvalue weighted by atomic mass is 10.0. The molecule has 4 nitrogen and oxygen atoms in total. The van der Waals surface area contributed by atoms with Gasteiger partial charge in [-0.2, -0.15) is 0 Å². The molecule has 0 radical (unpaired) electrons. The zero-order chi connectivity index (χ0) is 15.6. The molecule has 0 amide bonds. The highest BCUT2D eigenvalue weighted by atomic mass is 35.5. The van der Waals surface area contributed by atoms with Gasteiger partial charge in [0.15, 0.2) is 0 Å². The number of benzene rings is 2. The first-order valence-corrected chi connectivity index (χ1v) is 6.23. The summed E-state index contributed by atoms with van der Waals surface area (Å²) in [6, 6.07) is 8.25. The third kappa shape index (κ3) is 3.03. The van der Waals surface area contributed by atoms with Gasteiger partial charge in [-0.15, -0.1) is 0 Å². The van der Waals surface area contributed by atoms with Gasteiger partial charge in [0.1, 0.15) is 5.82 Å². The number of carboxylic acid groups (broad SMARTS) is 1. The van der Waals surface area contributed by atoms with E-state index in [1.807, 2.05) is 0 Å². The lowest BCUT2D eigenvalue weighted by molar-refractivity contribution is 0.0600. The second-order valence-corrected chi connectivity index (χ2v) is 4.59. The molecule has 0 aliphatic heterocycles. The third-order valence-corrected chi connectivity index (χ3v) is 3.22. The van der Waals surface area contributed by atoms with Gasteiger partial charge in [-0.25, -0.2) is 14.0 Å². The average molecular weight is 309 g/mol. The first-order chi connectivity index (χ1) is 9.93. The van der Waals surface area contributed by atoms with Gasteiger partial charge in [0, 0.05) is 0 Å². The number of methoxy groups -OCH3 is 1. The van der Waals surface area contributed by atoms with Gasteiger partial charge in [-0.3, -0.25) is 0 Å². The smallest absolute Gasteiger partial charge is 0.339 e. The van der Waals surface area contributed by atoms with Gasteiger partial charge in [-0.1, -0.05) is 23.7 Å². The van der Waals surface area contributed by atoms with Crippen LogP contribution in [0, 0.1) is 5.82 Å². The van der Waals surface area contributed by atoms with Crippen molar-refractivity contribution in [2.24, 2.45) is 0 Å². The highest BCUT2D eigenvalue weighted by Gasteiger charge is 2.14. The molecule has 21 heavy (non-hydrogen) atoms. The van der Waals surface area contributed by atoms with E-state index in [9.17, 15) is 14.0 Å². The van der Waals surface area contributed by atoms with E-state index in [4.69, 9.17) is 16.7 Å². The fraction of sp³-hybridized carbons (Fsp3) is 0.0667. The summed E-state index contributed by atoms with van der Waals surface area (Å²) in [7, 11) is 1.24. The molecule has 0 spiro atoms. The van der Waals surface area contributed by atoms with E-state index in [2.05, 4.69) is 4.74 Å². The number of aromatic carboxylic acids is 1. The summed E-state index contributed by atoms with van der Waals surface area (Å²) >= 11 is 6.00. The van der Waals surface area contributed by atoms with Crippen molar-refractivity contribution in [2.75, 3.05) is 7.11 Å². The molecule has 2 aromatic carbocycles. The predicted molar refractivity (Wildman–Crippen MR) is 75.1 cm³/mol. The summed E-state index contributed by atoms with van der Waals surface area (Å²) in [5.74, 6) is -2.74. The maximum Gasteiger partial charge on any atom is 0.339 e. The molecular formula is C15H10ClFO4. The van der Waals surface area contributed by atoms with Crippen LogP contribution in [-0.2, 0) is 4.74 Å². The van der Waals surface area contributed by atoms with Gasteiger partial charge < -0.3 is 9.84 Å². The number of ether oxygens (including phenoxy) is 1. The number of rotatable bonds is 3. The molecule has 0 bridgehead atoms. The largest absolute Gasteiger partial charge is 0.478 e. The van der Waals surface area contributed by atoms with Crippen LogP contribution in [0.15, 0.2) is 36.4 Å². The Morgan fingerprint density at radius 2 is 1.71 bits per heavy atom. The zero-order valence-electron chi connectivity index (χ0n) is 10.9. The minimum atomic E-state index is -1.35. The Morgan fingerprint density at radius 1 is 1.10 bits per heavy atom. The van der Waals surface area contributed by atoms with Crippen LogP contribution in [0.3, 0.4) is 0 Å². The molecule has 6 heteroatoms. The molecule has 0 saturated carbocycles. The van der Waals surface area contributed by atoms with Crippen LogP contribution >= 0.6 is 11.6 Å². The summed E-state index contributed by atoms with van der Waals surface area (Å²) < 4.78 is 17.9. The van der Waals surface area contributed by atoms with E-state index in [0.29, 0.717) is 11.1 Å². The first-order valence-electron chi connectivity index (χ1n) is 5.85. The number of hydrogen-bond acceptors (Lipinski definition) is 3. The second-order valence-electron chi connectivity index (χ2n) is 4.19. The predicted octanol–water partition coefficient (Wildman–Crippen LogP) is 3.63. The number of carbonyl (C=O) groups excluding carboxylic acids is 1. The Balaban J connectivity index is 2.48. The topological polar surface area (TPSA) is 63.6 Å². The molecular weight excluding hydrogens is 299 g/mol. The SMILES string of the molecule is COC(=O)c1ccc(-c2ccc(F)c(C(=O)O)c2)cc1Cl. The average Bonchev–Trinajstić information content (AvgIpc) is 2.46. The molecule has 0 saturated heterocycles. The number of carboxylic acids is 1. The molecule has 0 fully saturated rings. The van der Waals surface area contributed by atoms with Crippen molar-refractivity contribution >= 4 is 23.5 Å². The molecule has 0 heterocycles. The zero-order valence-corrected chi connectivity index (χ0v) is 11.6. The molecule has 0 aliphatic carbocycles. The lowest BCUT2D eigenvalue weighted by Gasteiger charge is -2.07. The van der Waals surface area contributed by atoms with Crippen molar-refractivity contribution in [3.05, 3.63) is 58.4 Å².